The summed E-state index contributed by atoms with van der Waals surface area (Å²) in [4.78, 5) is 2.46. The van der Waals surface area contributed by atoms with Gasteiger partial charge in [0.1, 0.15) is 0 Å². The van der Waals surface area contributed by atoms with E-state index >= 15 is 0 Å². The van der Waals surface area contributed by atoms with Crippen molar-refractivity contribution in [2.24, 2.45) is 0 Å². The molecule has 3 rings (SSSR count). The molecule has 106 valence electrons. The quantitative estimate of drug-likeness (QED) is 0.844. The molecular formula is C17H22N2O. The zero-order chi connectivity index (χ0) is 13.6. The minimum atomic E-state index is 0.702. The summed E-state index contributed by atoms with van der Waals surface area (Å²) in [5, 5.41) is 5.96. The molecule has 1 fully saturated rings. The number of ether oxygens (including phenoxy) is 1. The van der Waals surface area contributed by atoms with E-state index in [0.717, 1.165) is 39.3 Å². The SMILES string of the molecule is c1ccc2c(COCCN3CCNCC3)cccc2c1. The minimum Gasteiger partial charge on any atom is -0.375 e. The van der Waals surface area contributed by atoms with E-state index in [4.69, 9.17) is 4.74 Å². The molecule has 0 atom stereocenters. The van der Waals surface area contributed by atoms with E-state index in [2.05, 4.69) is 52.7 Å². The summed E-state index contributed by atoms with van der Waals surface area (Å²) in [7, 11) is 0. The first-order valence-electron chi connectivity index (χ1n) is 7.41. The number of piperazine rings is 1. The van der Waals surface area contributed by atoms with Gasteiger partial charge >= 0.3 is 0 Å². The van der Waals surface area contributed by atoms with E-state index in [9.17, 15) is 0 Å². The van der Waals surface area contributed by atoms with Gasteiger partial charge in [-0.3, -0.25) is 4.90 Å². The minimum absolute atomic E-state index is 0.702. The number of nitrogens with one attached hydrogen (secondary N) is 1. The normalized spacial score (nSPS) is 16.6. The fraction of sp³-hybridized carbons (Fsp3) is 0.412. The third-order valence-corrected chi connectivity index (χ3v) is 3.90. The number of hydrogen-bond donors (Lipinski definition) is 1. The van der Waals surface area contributed by atoms with Gasteiger partial charge in [-0.2, -0.15) is 0 Å². The Morgan fingerprint density at radius 3 is 2.70 bits per heavy atom. The first kappa shape index (κ1) is 13.6. The predicted octanol–water partition coefficient (Wildman–Crippen LogP) is 2.26. The van der Waals surface area contributed by atoms with Crippen LogP contribution in [0.25, 0.3) is 10.8 Å². The lowest BCUT2D eigenvalue weighted by Crippen LogP contribution is -2.44. The third-order valence-electron chi connectivity index (χ3n) is 3.90. The van der Waals surface area contributed by atoms with E-state index in [1.807, 2.05) is 0 Å². The van der Waals surface area contributed by atoms with Crippen molar-refractivity contribution in [1.29, 1.82) is 0 Å². The van der Waals surface area contributed by atoms with Gasteiger partial charge in [0, 0.05) is 32.7 Å². The topological polar surface area (TPSA) is 24.5 Å². The van der Waals surface area contributed by atoms with Crippen molar-refractivity contribution in [3.63, 3.8) is 0 Å². The predicted molar refractivity (Wildman–Crippen MR) is 82.9 cm³/mol. The van der Waals surface area contributed by atoms with Crippen molar-refractivity contribution < 1.29 is 4.74 Å². The molecule has 3 nitrogen and oxygen atoms in total. The Hall–Kier alpha value is -1.42. The molecule has 20 heavy (non-hydrogen) atoms. The average molecular weight is 270 g/mol. The molecule has 0 spiro atoms. The summed E-state index contributed by atoms with van der Waals surface area (Å²) >= 11 is 0. The van der Waals surface area contributed by atoms with E-state index in [1.54, 1.807) is 0 Å². The number of hydrogen-bond acceptors (Lipinski definition) is 3. The molecule has 0 amide bonds. The van der Waals surface area contributed by atoms with Crippen molar-refractivity contribution in [2.75, 3.05) is 39.3 Å². The molecule has 0 saturated carbocycles. The van der Waals surface area contributed by atoms with Gasteiger partial charge in [-0.1, -0.05) is 42.5 Å². The zero-order valence-electron chi connectivity index (χ0n) is 11.8. The second-order valence-electron chi connectivity index (χ2n) is 5.28. The Morgan fingerprint density at radius 2 is 1.80 bits per heavy atom. The lowest BCUT2D eigenvalue weighted by molar-refractivity contribution is 0.0892. The highest BCUT2D eigenvalue weighted by Gasteiger charge is 2.08. The molecular weight excluding hydrogens is 248 g/mol. The number of benzene rings is 2. The van der Waals surface area contributed by atoms with Crippen molar-refractivity contribution >= 4 is 10.8 Å². The smallest absolute Gasteiger partial charge is 0.0723 e. The maximum atomic E-state index is 5.87. The molecule has 0 aliphatic carbocycles. The summed E-state index contributed by atoms with van der Waals surface area (Å²) in [5.41, 5.74) is 1.28. The summed E-state index contributed by atoms with van der Waals surface area (Å²) in [5.74, 6) is 0. The van der Waals surface area contributed by atoms with E-state index in [1.165, 1.54) is 16.3 Å². The van der Waals surface area contributed by atoms with Crippen LogP contribution in [-0.4, -0.2) is 44.2 Å². The highest BCUT2D eigenvalue weighted by molar-refractivity contribution is 5.85. The molecule has 1 aliphatic heterocycles. The second-order valence-corrected chi connectivity index (χ2v) is 5.28. The highest BCUT2D eigenvalue weighted by Crippen LogP contribution is 2.19. The third kappa shape index (κ3) is 3.37. The van der Waals surface area contributed by atoms with Gasteiger partial charge in [0.15, 0.2) is 0 Å². The van der Waals surface area contributed by atoms with Gasteiger partial charge in [0.25, 0.3) is 0 Å². The van der Waals surface area contributed by atoms with Crippen LogP contribution in [0.15, 0.2) is 42.5 Å². The molecule has 2 aromatic carbocycles. The number of fused-ring (bicyclic) bond motifs is 1. The van der Waals surface area contributed by atoms with Crippen LogP contribution in [-0.2, 0) is 11.3 Å². The summed E-state index contributed by atoms with van der Waals surface area (Å²) in [6.07, 6.45) is 0. The first-order valence-corrected chi connectivity index (χ1v) is 7.41. The summed E-state index contributed by atoms with van der Waals surface area (Å²) in [6, 6.07) is 14.9. The van der Waals surface area contributed by atoms with Gasteiger partial charge in [0.05, 0.1) is 13.2 Å². The van der Waals surface area contributed by atoms with Gasteiger partial charge in [-0.15, -0.1) is 0 Å². The van der Waals surface area contributed by atoms with Crippen LogP contribution in [0.4, 0.5) is 0 Å². The Kier molecular flexibility index (Phi) is 4.64. The van der Waals surface area contributed by atoms with Crippen molar-refractivity contribution in [3.05, 3.63) is 48.0 Å². The van der Waals surface area contributed by atoms with E-state index < -0.39 is 0 Å². The van der Waals surface area contributed by atoms with Gasteiger partial charge in [-0.05, 0) is 16.3 Å². The van der Waals surface area contributed by atoms with E-state index in [0.29, 0.717) is 6.61 Å². The van der Waals surface area contributed by atoms with Crippen molar-refractivity contribution in [1.82, 2.24) is 10.2 Å². The molecule has 1 heterocycles. The van der Waals surface area contributed by atoms with E-state index in [-0.39, 0.29) is 0 Å². The maximum Gasteiger partial charge on any atom is 0.0723 e. The molecule has 2 aromatic rings. The van der Waals surface area contributed by atoms with Crippen LogP contribution in [0.3, 0.4) is 0 Å². The van der Waals surface area contributed by atoms with Crippen LogP contribution in [0.5, 0.6) is 0 Å². The maximum absolute atomic E-state index is 5.87. The molecule has 3 heteroatoms. The van der Waals surface area contributed by atoms with Crippen LogP contribution in [0, 0.1) is 0 Å². The largest absolute Gasteiger partial charge is 0.375 e. The molecule has 0 radical (unpaired) electrons. The van der Waals surface area contributed by atoms with Crippen LogP contribution >= 0.6 is 0 Å². The Bertz CT molecular complexity index is 544. The number of rotatable bonds is 5. The van der Waals surface area contributed by atoms with Crippen LogP contribution in [0.1, 0.15) is 5.56 Å². The lowest BCUT2D eigenvalue weighted by Gasteiger charge is -2.26. The fourth-order valence-electron chi connectivity index (χ4n) is 2.73. The molecule has 1 N–H and O–H groups in total. The Balaban J connectivity index is 1.52. The highest BCUT2D eigenvalue weighted by atomic mass is 16.5. The number of nitrogens with zero attached hydrogens (tertiary/aromatic N) is 1. The van der Waals surface area contributed by atoms with Gasteiger partial charge in [0.2, 0.25) is 0 Å². The van der Waals surface area contributed by atoms with Crippen molar-refractivity contribution in [3.8, 4) is 0 Å². The summed E-state index contributed by atoms with van der Waals surface area (Å²) < 4.78 is 5.87. The molecule has 0 unspecified atom stereocenters. The zero-order valence-corrected chi connectivity index (χ0v) is 11.8. The Labute approximate surface area is 120 Å². The van der Waals surface area contributed by atoms with Crippen LogP contribution in [0.2, 0.25) is 0 Å². The fourth-order valence-corrected chi connectivity index (χ4v) is 2.73. The van der Waals surface area contributed by atoms with Crippen molar-refractivity contribution in [2.45, 2.75) is 6.61 Å². The summed E-state index contributed by atoms with van der Waals surface area (Å²) in [6.45, 7) is 7.02. The monoisotopic (exact) mass is 270 g/mol. The van der Waals surface area contributed by atoms with Gasteiger partial charge in [-0.25, -0.2) is 0 Å². The average Bonchev–Trinajstić information content (AvgIpc) is 2.53. The molecule has 0 aromatic heterocycles. The van der Waals surface area contributed by atoms with Crippen LogP contribution < -0.4 is 5.32 Å². The van der Waals surface area contributed by atoms with Gasteiger partial charge < -0.3 is 10.1 Å². The second kappa shape index (κ2) is 6.84. The first-order chi connectivity index (χ1) is 9.93. The Morgan fingerprint density at radius 1 is 1.00 bits per heavy atom. The molecule has 0 bridgehead atoms. The standard InChI is InChI=1S/C17H22N2O/c1-2-7-17-15(4-1)5-3-6-16(17)14-20-13-12-19-10-8-18-9-11-19/h1-7,18H,8-14H2. The molecule has 1 saturated heterocycles. The lowest BCUT2D eigenvalue weighted by atomic mass is 10.1. The molecule has 1 aliphatic rings.